The Balaban J connectivity index is 1.43. The van der Waals surface area contributed by atoms with Crippen LogP contribution in [0.25, 0.3) is 21.6 Å². The number of nitrogens with zero attached hydrogens (tertiary/aromatic N) is 5. The van der Waals surface area contributed by atoms with Gasteiger partial charge in [-0.1, -0.05) is 49.4 Å². The molecule has 8 heteroatoms. The average Bonchev–Trinajstić information content (AvgIpc) is 3.37. The molecule has 32 heavy (non-hydrogen) atoms. The van der Waals surface area contributed by atoms with Gasteiger partial charge in [-0.15, -0.1) is 10.2 Å². The van der Waals surface area contributed by atoms with Gasteiger partial charge in [0, 0.05) is 23.2 Å². The SMILES string of the molecule is CC(C)c1ccc(-c2nnc(NC(=O)c3cc(C4CC4)nc4c3cnn4C(C)C)s2)cc1. The molecule has 1 amide bonds. The van der Waals surface area contributed by atoms with Crippen LogP contribution in [0.2, 0.25) is 0 Å². The van der Waals surface area contributed by atoms with Gasteiger partial charge in [-0.25, -0.2) is 9.67 Å². The van der Waals surface area contributed by atoms with E-state index < -0.39 is 0 Å². The Morgan fingerprint density at radius 1 is 1.12 bits per heavy atom. The number of nitrogens with one attached hydrogen (secondary N) is 1. The van der Waals surface area contributed by atoms with Crippen molar-refractivity contribution in [2.24, 2.45) is 0 Å². The van der Waals surface area contributed by atoms with Crippen LogP contribution in [-0.4, -0.2) is 30.9 Å². The van der Waals surface area contributed by atoms with E-state index in [9.17, 15) is 4.79 Å². The lowest BCUT2D eigenvalue weighted by atomic mass is 10.0. The smallest absolute Gasteiger partial charge is 0.258 e. The number of hydrogen-bond donors (Lipinski definition) is 1. The van der Waals surface area contributed by atoms with Crippen molar-refractivity contribution in [1.29, 1.82) is 0 Å². The lowest BCUT2D eigenvalue weighted by Gasteiger charge is -2.10. The molecule has 0 bridgehead atoms. The molecule has 4 aromatic rings. The summed E-state index contributed by atoms with van der Waals surface area (Å²) in [6.07, 6.45) is 3.96. The molecule has 1 fully saturated rings. The predicted octanol–water partition coefficient (Wildman–Crippen LogP) is 5.78. The van der Waals surface area contributed by atoms with Crippen molar-refractivity contribution in [3.63, 3.8) is 0 Å². The first-order chi connectivity index (χ1) is 15.4. The average molecular weight is 447 g/mol. The molecule has 1 aromatic carbocycles. The zero-order valence-corrected chi connectivity index (χ0v) is 19.5. The van der Waals surface area contributed by atoms with E-state index >= 15 is 0 Å². The highest BCUT2D eigenvalue weighted by Gasteiger charge is 2.28. The molecule has 0 radical (unpaired) electrons. The molecule has 3 aromatic heterocycles. The quantitative estimate of drug-likeness (QED) is 0.405. The van der Waals surface area contributed by atoms with Crippen molar-refractivity contribution in [3.8, 4) is 10.6 Å². The molecule has 0 atom stereocenters. The van der Waals surface area contributed by atoms with Crippen LogP contribution in [0.3, 0.4) is 0 Å². The number of pyridine rings is 1. The minimum absolute atomic E-state index is 0.165. The number of fused-ring (bicyclic) bond motifs is 1. The number of anilines is 1. The largest absolute Gasteiger partial charge is 0.296 e. The number of hydrogen-bond acceptors (Lipinski definition) is 6. The summed E-state index contributed by atoms with van der Waals surface area (Å²) in [5.74, 6) is 0.704. The van der Waals surface area contributed by atoms with Crippen LogP contribution in [0.15, 0.2) is 36.5 Å². The zero-order chi connectivity index (χ0) is 22.4. The molecule has 0 aliphatic heterocycles. The number of rotatable bonds is 6. The number of aromatic nitrogens is 5. The number of benzene rings is 1. The van der Waals surface area contributed by atoms with Crippen LogP contribution < -0.4 is 5.32 Å². The van der Waals surface area contributed by atoms with Crippen molar-refractivity contribution >= 4 is 33.4 Å². The Hall–Kier alpha value is -3.13. The maximum atomic E-state index is 13.2. The van der Waals surface area contributed by atoms with Gasteiger partial charge in [0.1, 0.15) is 5.01 Å². The van der Waals surface area contributed by atoms with Gasteiger partial charge in [0.15, 0.2) is 5.65 Å². The van der Waals surface area contributed by atoms with E-state index in [4.69, 9.17) is 4.98 Å². The molecule has 1 aliphatic rings. The van der Waals surface area contributed by atoms with Gasteiger partial charge in [-0.3, -0.25) is 10.1 Å². The first kappa shape index (κ1) is 20.8. The third kappa shape index (κ3) is 3.90. The molecule has 1 N–H and O–H groups in total. The summed E-state index contributed by atoms with van der Waals surface area (Å²) >= 11 is 1.37. The molecule has 1 saturated carbocycles. The molecule has 0 saturated heterocycles. The Labute approximate surface area is 190 Å². The van der Waals surface area contributed by atoms with E-state index in [0.717, 1.165) is 40.1 Å². The maximum Gasteiger partial charge on any atom is 0.258 e. The molecule has 1 aliphatic carbocycles. The predicted molar refractivity (Wildman–Crippen MR) is 127 cm³/mol. The monoisotopic (exact) mass is 446 g/mol. The minimum Gasteiger partial charge on any atom is -0.296 e. The second-order valence-electron chi connectivity index (χ2n) is 8.93. The number of amides is 1. The highest BCUT2D eigenvalue weighted by Crippen LogP contribution is 2.40. The summed E-state index contributed by atoms with van der Waals surface area (Å²) in [7, 11) is 0. The van der Waals surface area contributed by atoms with Gasteiger partial charge in [-0.05, 0) is 44.2 Å². The van der Waals surface area contributed by atoms with Gasteiger partial charge in [0.05, 0.1) is 17.1 Å². The van der Waals surface area contributed by atoms with Crippen LogP contribution >= 0.6 is 11.3 Å². The Kier molecular flexibility index (Phi) is 5.25. The topological polar surface area (TPSA) is 85.6 Å². The zero-order valence-electron chi connectivity index (χ0n) is 18.7. The molecule has 0 spiro atoms. The van der Waals surface area contributed by atoms with Crippen molar-refractivity contribution in [2.45, 2.75) is 58.4 Å². The normalized spacial score (nSPS) is 13.9. The molecule has 5 rings (SSSR count). The first-order valence-corrected chi connectivity index (χ1v) is 11.9. The van der Waals surface area contributed by atoms with Crippen molar-refractivity contribution in [3.05, 3.63) is 53.3 Å². The highest BCUT2D eigenvalue weighted by atomic mass is 32.1. The lowest BCUT2D eigenvalue weighted by molar-refractivity contribution is 0.102. The molecule has 3 heterocycles. The summed E-state index contributed by atoms with van der Waals surface area (Å²) < 4.78 is 1.88. The summed E-state index contributed by atoms with van der Waals surface area (Å²) in [6, 6.07) is 10.4. The lowest BCUT2D eigenvalue weighted by Crippen LogP contribution is -2.13. The van der Waals surface area contributed by atoms with Crippen LogP contribution in [0, 0.1) is 0 Å². The van der Waals surface area contributed by atoms with E-state index in [-0.39, 0.29) is 11.9 Å². The Morgan fingerprint density at radius 2 is 1.88 bits per heavy atom. The minimum atomic E-state index is -0.208. The van der Waals surface area contributed by atoms with E-state index in [2.05, 4.69) is 72.6 Å². The van der Waals surface area contributed by atoms with Gasteiger partial charge in [0.25, 0.3) is 5.91 Å². The second-order valence-corrected chi connectivity index (χ2v) is 9.91. The Bertz CT molecular complexity index is 1280. The Morgan fingerprint density at radius 3 is 2.53 bits per heavy atom. The van der Waals surface area contributed by atoms with Gasteiger partial charge in [0.2, 0.25) is 5.13 Å². The van der Waals surface area contributed by atoms with Gasteiger partial charge < -0.3 is 0 Å². The third-order valence-corrected chi connectivity index (χ3v) is 6.67. The van der Waals surface area contributed by atoms with Crippen molar-refractivity contribution in [1.82, 2.24) is 25.0 Å². The summed E-state index contributed by atoms with van der Waals surface area (Å²) in [5, 5.41) is 17.9. The van der Waals surface area contributed by atoms with Crippen molar-refractivity contribution < 1.29 is 4.79 Å². The van der Waals surface area contributed by atoms with Gasteiger partial charge >= 0.3 is 0 Å². The molecule has 164 valence electrons. The highest BCUT2D eigenvalue weighted by molar-refractivity contribution is 7.18. The van der Waals surface area contributed by atoms with E-state index in [1.165, 1.54) is 16.9 Å². The van der Waals surface area contributed by atoms with E-state index in [1.807, 2.05) is 10.7 Å². The van der Waals surface area contributed by atoms with Crippen LogP contribution in [-0.2, 0) is 0 Å². The fraction of sp³-hybridized carbons (Fsp3) is 0.375. The summed E-state index contributed by atoms with van der Waals surface area (Å²) in [6.45, 7) is 8.47. The van der Waals surface area contributed by atoms with E-state index in [0.29, 0.717) is 22.5 Å². The molecular formula is C24H26N6OS. The summed E-state index contributed by atoms with van der Waals surface area (Å²) in [5.41, 5.74) is 4.59. The van der Waals surface area contributed by atoms with Crippen molar-refractivity contribution in [2.75, 3.05) is 5.32 Å². The van der Waals surface area contributed by atoms with Gasteiger partial charge in [-0.2, -0.15) is 5.10 Å². The van der Waals surface area contributed by atoms with Crippen LogP contribution in [0.5, 0.6) is 0 Å². The van der Waals surface area contributed by atoms with Crippen LogP contribution in [0.1, 0.15) is 80.0 Å². The first-order valence-electron chi connectivity index (χ1n) is 11.0. The maximum absolute atomic E-state index is 13.2. The fourth-order valence-electron chi connectivity index (χ4n) is 3.76. The third-order valence-electron chi connectivity index (χ3n) is 5.79. The molecule has 7 nitrogen and oxygen atoms in total. The van der Waals surface area contributed by atoms with E-state index in [1.54, 1.807) is 6.20 Å². The number of carbonyl (C=O) groups is 1. The molecule has 0 unspecified atom stereocenters. The summed E-state index contributed by atoms with van der Waals surface area (Å²) in [4.78, 5) is 18.1. The van der Waals surface area contributed by atoms with Crippen LogP contribution in [0.4, 0.5) is 5.13 Å². The standard InChI is InChI=1S/C24H26N6OS/c1-13(2)15-5-9-17(10-6-15)23-28-29-24(32-23)27-22(31)18-11-20(16-7-8-16)26-21-19(18)12-25-30(21)14(3)4/h5-6,9-14,16H,7-8H2,1-4H3,(H,27,29,31). The molecular weight excluding hydrogens is 420 g/mol. The fourth-order valence-corrected chi connectivity index (χ4v) is 4.50. The second kappa shape index (κ2) is 8.09. The number of carbonyl (C=O) groups excluding carboxylic acids is 1.